The van der Waals surface area contributed by atoms with Crippen LogP contribution >= 0.6 is 0 Å². The number of fused-ring (bicyclic) bond motifs is 3. The first kappa shape index (κ1) is 19.7. The Morgan fingerprint density at radius 3 is 2.62 bits per heavy atom. The van der Waals surface area contributed by atoms with Gasteiger partial charge in [0.05, 0.1) is 29.5 Å². The molecule has 1 aliphatic heterocycles. The Kier molecular flexibility index (Phi) is 4.99. The van der Waals surface area contributed by atoms with E-state index in [0.717, 1.165) is 24.3 Å². The summed E-state index contributed by atoms with van der Waals surface area (Å²) < 4.78 is 48.4. The van der Waals surface area contributed by atoms with Crippen LogP contribution in [-0.2, 0) is 20.5 Å². The van der Waals surface area contributed by atoms with E-state index in [-0.39, 0.29) is 30.4 Å². The molecule has 0 amide bonds. The van der Waals surface area contributed by atoms with E-state index >= 15 is 0 Å². The molecule has 0 bridgehead atoms. The van der Waals surface area contributed by atoms with Crippen molar-refractivity contribution >= 4 is 15.7 Å². The molecule has 0 aromatic heterocycles. The number of rotatable bonds is 4. The third-order valence-electron chi connectivity index (χ3n) is 4.90. The number of β-amino-alcohol motifs (C(OH)–C–C–N with tert-alkyl or cyclic N) is 1. The number of hydrogen-bond acceptors (Lipinski definition) is 6. The first-order valence-electron chi connectivity index (χ1n) is 9.00. The van der Waals surface area contributed by atoms with E-state index in [1.165, 1.54) is 6.08 Å². The van der Waals surface area contributed by atoms with Crippen molar-refractivity contribution in [1.29, 1.82) is 0 Å². The fourth-order valence-electron chi connectivity index (χ4n) is 3.54. The van der Waals surface area contributed by atoms with Gasteiger partial charge >= 0.3 is 0 Å². The molecule has 152 valence electrons. The van der Waals surface area contributed by atoms with Gasteiger partial charge in [0.2, 0.25) is 5.79 Å². The summed E-state index contributed by atoms with van der Waals surface area (Å²) in [5, 5.41) is 20.6. The van der Waals surface area contributed by atoms with Gasteiger partial charge in [-0.25, -0.2) is 4.39 Å². The molecule has 0 saturated carbocycles. The highest BCUT2D eigenvalue weighted by atomic mass is 32.2. The van der Waals surface area contributed by atoms with Crippen LogP contribution in [0.3, 0.4) is 0 Å². The number of nitrogens with zero attached hydrogens (tertiary/aromatic N) is 2. The summed E-state index contributed by atoms with van der Waals surface area (Å²) in [4.78, 5) is 1.59. The number of halogens is 1. The summed E-state index contributed by atoms with van der Waals surface area (Å²) in [5.74, 6) is -2.31. The van der Waals surface area contributed by atoms with Crippen LogP contribution < -0.4 is 0 Å². The molecule has 0 radical (unpaired) electrons. The molecule has 0 spiro atoms. The topological polar surface area (TPSA) is 99.4 Å². The maximum atomic E-state index is 13.2. The van der Waals surface area contributed by atoms with Gasteiger partial charge < -0.3 is 19.8 Å². The number of allylic oxidation sites excluding steroid dienone is 1. The summed E-state index contributed by atoms with van der Waals surface area (Å²) in [6, 6.07) is 11.1. The molecule has 29 heavy (non-hydrogen) atoms. The number of morpholine rings is 1. The van der Waals surface area contributed by atoms with Gasteiger partial charge in [0.15, 0.2) is 0 Å². The van der Waals surface area contributed by atoms with Crippen molar-refractivity contribution in [3.8, 4) is 0 Å². The molecule has 0 unspecified atom stereocenters. The molecular weight excluding hydrogens is 399 g/mol. The molecule has 2 aromatic carbocycles. The Labute approximate surface area is 167 Å². The molecule has 4 rings (SSSR count). The highest BCUT2D eigenvalue weighted by Crippen LogP contribution is 2.41. The Hall–Kier alpha value is -2.59. The first-order chi connectivity index (χ1) is 13.8. The van der Waals surface area contributed by atoms with Crippen molar-refractivity contribution in [3.63, 3.8) is 0 Å². The average molecular weight is 418 g/mol. The lowest BCUT2D eigenvalue weighted by Gasteiger charge is -2.45. The molecule has 1 heterocycles. The minimum absolute atomic E-state index is 0.123. The Morgan fingerprint density at radius 2 is 1.90 bits per heavy atom. The van der Waals surface area contributed by atoms with Crippen LogP contribution in [0.2, 0.25) is 0 Å². The minimum atomic E-state index is -4.12. The summed E-state index contributed by atoms with van der Waals surface area (Å²) in [6.45, 7) is 0.768. The Morgan fingerprint density at radius 1 is 1.17 bits per heavy atom. The highest BCUT2D eigenvalue weighted by molar-refractivity contribution is 7.90. The maximum Gasteiger partial charge on any atom is 0.282 e. The van der Waals surface area contributed by atoms with E-state index in [4.69, 9.17) is 4.74 Å². The zero-order valence-electron chi connectivity index (χ0n) is 15.3. The first-order valence-corrected chi connectivity index (χ1v) is 10.4. The number of ether oxygens (including phenoxy) is 1. The summed E-state index contributed by atoms with van der Waals surface area (Å²) >= 11 is 0. The second-order valence-electron chi connectivity index (χ2n) is 6.68. The van der Waals surface area contributed by atoms with Crippen LogP contribution in [0.5, 0.6) is 0 Å². The zero-order chi connectivity index (χ0) is 20.6. The monoisotopic (exact) mass is 418 g/mol. The molecule has 1 saturated heterocycles. The molecule has 9 heteroatoms. The molecule has 1 atom stereocenters. The van der Waals surface area contributed by atoms with Crippen LogP contribution in [0.25, 0.3) is 0 Å². The second-order valence-corrected chi connectivity index (χ2v) is 8.29. The van der Waals surface area contributed by atoms with Gasteiger partial charge in [-0.2, -0.15) is 12.8 Å². The summed E-state index contributed by atoms with van der Waals surface area (Å²) in [7, 11) is -4.12. The maximum absolute atomic E-state index is 13.2. The average Bonchev–Trinajstić information content (AvgIpc) is 2.70. The van der Waals surface area contributed by atoms with E-state index in [1.54, 1.807) is 29.2 Å². The predicted octanol–water partition coefficient (Wildman–Crippen LogP) is 1.37. The van der Waals surface area contributed by atoms with Crippen LogP contribution in [-0.4, -0.2) is 55.5 Å². The molecule has 2 aliphatic rings. The number of benzene rings is 2. The third-order valence-corrected chi connectivity index (χ3v) is 6.21. The second kappa shape index (κ2) is 7.34. The van der Waals surface area contributed by atoms with E-state index in [9.17, 15) is 23.0 Å². The van der Waals surface area contributed by atoms with Crippen LogP contribution in [0.4, 0.5) is 4.39 Å². The molecule has 2 N–H and O–H groups in total. The fourth-order valence-corrected chi connectivity index (χ4v) is 4.54. The van der Waals surface area contributed by atoms with Gasteiger partial charge in [-0.1, -0.05) is 24.3 Å². The van der Waals surface area contributed by atoms with Crippen molar-refractivity contribution < 1.29 is 27.8 Å². The molecule has 2 aromatic rings. The normalized spacial score (nSPS) is 22.8. The largest absolute Gasteiger partial charge is 0.395 e. The number of aliphatic hydroxyl groups excluding tert-OH is 1. The van der Waals surface area contributed by atoms with Crippen molar-refractivity contribution in [2.75, 3.05) is 26.3 Å². The van der Waals surface area contributed by atoms with Crippen molar-refractivity contribution in [3.05, 3.63) is 77.2 Å². The minimum Gasteiger partial charge on any atom is -0.395 e. The Balaban J connectivity index is 1.88. The van der Waals surface area contributed by atoms with Gasteiger partial charge in [-0.15, -0.1) is 0 Å². The number of sulfonamides is 1. The van der Waals surface area contributed by atoms with Crippen LogP contribution in [0, 0.1) is 5.82 Å². The molecule has 1 aliphatic carbocycles. The van der Waals surface area contributed by atoms with Gasteiger partial charge in [-0.3, -0.25) is 0 Å². The Bertz CT molecular complexity index is 1100. The lowest BCUT2D eigenvalue weighted by Crippen LogP contribution is -2.50. The molecule has 1 fully saturated rings. The van der Waals surface area contributed by atoms with Crippen molar-refractivity contribution in [2.24, 2.45) is 4.40 Å². The molecular formula is C20H19FN2O5S. The van der Waals surface area contributed by atoms with E-state index in [0.29, 0.717) is 23.4 Å². The third kappa shape index (κ3) is 3.46. The zero-order valence-corrected chi connectivity index (χ0v) is 16.1. The van der Waals surface area contributed by atoms with Crippen molar-refractivity contribution in [2.45, 2.75) is 10.7 Å². The quantitative estimate of drug-likeness (QED) is 0.778. The number of hydrogen-bond donors (Lipinski definition) is 2. The van der Waals surface area contributed by atoms with Crippen LogP contribution in [0.1, 0.15) is 11.1 Å². The van der Waals surface area contributed by atoms with E-state index in [2.05, 4.69) is 4.40 Å². The number of aliphatic hydroxyl groups is 2. The van der Waals surface area contributed by atoms with Gasteiger partial charge in [0, 0.05) is 24.2 Å². The van der Waals surface area contributed by atoms with Gasteiger partial charge in [0.1, 0.15) is 5.82 Å². The predicted molar refractivity (Wildman–Crippen MR) is 103 cm³/mol. The standard InChI is InChI=1S/C20H19FN2O5S/c21-14-5-7-15(8-6-14)29(26,27)22-18-13-19-20(25,17-4-2-1-3-16(17)18)28-12-10-23(19)9-11-24/h1-8,13,24-25H,9-12H2/t20-/m1/s1. The van der Waals surface area contributed by atoms with Gasteiger partial charge in [-0.05, 0) is 30.3 Å². The van der Waals surface area contributed by atoms with E-state index < -0.39 is 21.6 Å². The smallest absolute Gasteiger partial charge is 0.282 e. The van der Waals surface area contributed by atoms with Gasteiger partial charge in [0.25, 0.3) is 10.0 Å². The van der Waals surface area contributed by atoms with Crippen LogP contribution in [0.15, 0.2) is 69.6 Å². The lowest BCUT2D eigenvalue weighted by molar-refractivity contribution is -0.219. The SMILES string of the molecule is O=S(=O)(N=C1C=C2N(CCO)CCO[C@]2(O)c2ccccc21)c1ccc(F)cc1. The lowest BCUT2D eigenvalue weighted by atomic mass is 9.86. The highest BCUT2D eigenvalue weighted by Gasteiger charge is 2.46. The fraction of sp³-hybridized carbons (Fsp3) is 0.250. The van der Waals surface area contributed by atoms with E-state index in [1.807, 2.05) is 0 Å². The summed E-state index contributed by atoms with van der Waals surface area (Å²) in [5.41, 5.74) is 1.21. The molecule has 7 nitrogen and oxygen atoms in total. The van der Waals surface area contributed by atoms with Crippen molar-refractivity contribution in [1.82, 2.24) is 4.90 Å². The summed E-state index contributed by atoms with van der Waals surface area (Å²) in [6.07, 6.45) is 1.46.